The van der Waals surface area contributed by atoms with E-state index in [4.69, 9.17) is 9.47 Å². The normalized spacial score (nSPS) is 10.4. The zero-order valence-corrected chi connectivity index (χ0v) is 13.7. The molecular formula is C17H19BrO2. The van der Waals surface area contributed by atoms with Crippen LogP contribution < -0.4 is 9.47 Å². The number of hydrogen-bond donors (Lipinski definition) is 0. The van der Waals surface area contributed by atoms with Crippen LogP contribution in [0.15, 0.2) is 40.9 Å². The number of hydrogen-bond acceptors (Lipinski definition) is 2. The first kappa shape index (κ1) is 14.9. The molecule has 0 saturated heterocycles. The van der Waals surface area contributed by atoms with E-state index in [2.05, 4.69) is 48.8 Å². The van der Waals surface area contributed by atoms with Gasteiger partial charge in [-0.1, -0.05) is 39.7 Å². The standard InChI is InChI=1S/C17H19BrO2/c1-12-9-13(2)17(14(3)10-12)20-8-7-19-16-6-4-5-15(18)11-16/h4-6,9-11H,7-8H2,1-3H3. The van der Waals surface area contributed by atoms with E-state index in [1.165, 1.54) is 16.7 Å². The molecule has 0 fully saturated rings. The second-order valence-electron chi connectivity index (χ2n) is 4.88. The molecule has 3 heteroatoms. The van der Waals surface area contributed by atoms with E-state index in [-0.39, 0.29) is 0 Å². The van der Waals surface area contributed by atoms with Gasteiger partial charge in [-0.15, -0.1) is 0 Å². The summed E-state index contributed by atoms with van der Waals surface area (Å²) in [6.07, 6.45) is 0. The van der Waals surface area contributed by atoms with Crippen LogP contribution in [0.4, 0.5) is 0 Å². The van der Waals surface area contributed by atoms with Gasteiger partial charge >= 0.3 is 0 Å². The van der Waals surface area contributed by atoms with Gasteiger partial charge < -0.3 is 9.47 Å². The van der Waals surface area contributed by atoms with Gasteiger partial charge in [-0.25, -0.2) is 0 Å². The van der Waals surface area contributed by atoms with Crippen molar-refractivity contribution >= 4 is 15.9 Å². The number of aryl methyl sites for hydroxylation is 3. The van der Waals surface area contributed by atoms with Crippen LogP contribution in [0.3, 0.4) is 0 Å². The fourth-order valence-corrected chi connectivity index (χ4v) is 2.63. The lowest BCUT2D eigenvalue weighted by Gasteiger charge is -2.13. The predicted molar refractivity (Wildman–Crippen MR) is 85.8 cm³/mol. The summed E-state index contributed by atoms with van der Waals surface area (Å²) < 4.78 is 12.5. The summed E-state index contributed by atoms with van der Waals surface area (Å²) in [5.41, 5.74) is 3.60. The molecule has 0 amide bonds. The summed E-state index contributed by atoms with van der Waals surface area (Å²) in [5, 5.41) is 0. The van der Waals surface area contributed by atoms with Crippen LogP contribution in [0.2, 0.25) is 0 Å². The Labute approximate surface area is 128 Å². The Morgan fingerprint density at radius 1 is 0.900 bits per heavy atom. The topological polar surface area (TPSA) is 18.5 Å². The van der Waals surface area contributed by atoms with Crippen molar-refractivity contribution in [3.8, 4) is 11.5 Å². The Morgan fingerprint density at radius 3 is 2.20 bits per heavy atom. The Hall–Kier alpha value is -1.48. The molecule has 0 N–H and O–H groups in total. The summed E-state index contributed by atoms with van der Waals surface area (Å²) in [6.45, 7) is 7.32. The van der Waals surface area contributed by atoms with E-state index >= 15 is 0 Å². The summed E-state index contributed by atoms with van der Waals surface area (Å²) >= 11 is 3.42. The minimum Gasteiger partial charge on any atom is -0.490 e. The summed E-state index contributed by atoms with van der Waals surface area (Å²) in [5.74, 6) is 1.81. The molecule has 0 saturated carbocycles. The van der Waals surface area contributed by atoms with Crippen molar-refractivity contribution in [2.45, 2.75) is 20.8 Å². The quantitative estimate of drug-likeness (QED) is 0.729. The minimum atomic E-state index is 0.531. The highest BCUT2D eigenvalue weighted by Gasteiger charge is 2.05. The number of ether oxygens (including phenoxy) is 2. The van der Waals surface area contributed by atoms with Crippen molar-refractivity contribution in [2.24, 2.45) is 0 Å². The third-order valence-electron chi connectivity index (χ3n) is 3.00. The molecular weight excluding hydrogens is 316 g/mol. The van der Waals surface area contributed by atoms with Crippen molar-refractivity contribution in [3.63, 3.8) is 0 Å². The maximum absolute atomic E-state index is 5.84. The lowest BCUT2D eigenvalue weighted by Crippen LogP contribution is -2.10. The average Bonchev–Trinajstić information content (AvgIpc) is 2.36. The van der Waals surface area contributed by atoms with Gasteiger partial charge in [-0.05, 0) is 50.1 Å². The van der Waals surface area contributed by atoms with E-state index in [0.29, 0.717) is 13.2 Å². The molecule has 0 bridgehead atoms. The van der Waals surface area contributed by atoms with Gasteiger partial charge in [0.2, 0.25) is 0 Å². The smallest absolute Gasteiger partial charge is 0.125 e. The molecule has 20 heavy (non-hydrogen) atoms. The molecule has 0 aromatic heterocycles. The van der Waals surface area contributed by atoms with Crippen LogP contribution >= 0.6 is 15.9 Å². The van der Waals surface area contributed by atoms with E-state index in [9.17, 15) is 0 Å². The SMILES string of the molecule is Cc1cc(C)c(OCCOc2cccc(Br)c2)c(C)c1. The Morgan fingerprint density at radius 2 is 1.55 bits per heavy atom. The van der Waals surface area contributed by atoms with Crippen molar-refractivity contribution in [1.82, 2.24) is 0 Å². The maximum atomic E-state index is 5.84. The first-order valence-corrected chi connectivity index (χ1v) is 7.44. The summed E-state index contributed by atoms with van der Waals surface area (Å²) in [4.78, 5) is 0. The Balaban J connectivity index is 1.88. The first-order chi connectivity index (χ1) is 9.56. The highest BCUT2D eigenvalue weighted by atomic mass is 79.9. The molecule has 2 aromatic carbocycles. The molecule has 106 valence electrons. The molecule has 0 atom stereocenters. The second-order valence-corrected chi connectivity index (χ2v) is 5.80. The average molecular weight is 335 g/mol. The molecule has 0 aliphatic heterocycles. The zero-order valence-electron chi connectivity index (χ0n) is 12.1. The van der Waals surface area contributed by atoms with Crippen LogP contribution in [0, 0.1) is 20.8 Å². The van der Waals surface area contributed by atoms with Gasteiger partial charge in [-0.3, -0.25) is 0 Å². The van der Waals surface area contributed by atoms with Gasteiger partial charge in [0.05, 0.1) is 0 Å². The van der Waals surface area contributed by atoms with Crippen molar-refractivity contribution in [2.75, 3.05) is 13.2 Å². The minimum absolute atomic E-state index is 0.531. The summed E-state index contributed by atoms with van der Waals surface area (Å²) in [6, 6.07) is 12.1. The predicted octanol–water partition coefficient (Wildman–Crippen LogP) is 4.83. The van der Waals surface area contributed by atoms with E-state index in [1.54, 1.807) is 0 Å². The Bertz CT molecular complexity index is 570. The lowest BCUT2D eigenvalue weighted by molar-refractivity contribution is 0.215. The van der Waals surface area contributed by atoms with Crippen LogP contribution in [0.1, 0.15) is 16.7 Å². The second kappa shape index (κ2) is 6.80. The van der Waals surface area contributed by atoms with Crippen molar-refractivity contribution in [3.05, 3.63) is 57.6 Å². The van der Waals surface area contributed by atoms with E-state index in [0.717, 1.165) is 16.0 Å². The monoisotopic (exact) mass is 334 g/mol. The molecule has 0 unspecified atom stereocenters. The molecule has 0 heterocycles. The molecule has 2 aromatic rings. The zero-order chi connectivity index (χ0) is 14.5. The molecule has 2 rings (SSSR count). The van der Waals surface area contributed by atoms with Crippen molar-refractivity contribution in [1.29, 1.82) is 0 Å². The van der Waals surface area contributed by atoms with Gasteiger partial charge in [0.25, 0.3) is 0 Å². The Kier molecular flexibility index (Phi) is 5.07. The fraction of sp³-hybridized carbons (Fsp3) is 0.294. The summed E-state index contributed by atoms with van der Waals surface area (Å²) in [7, 11) is 0. The molecule has 0 aliphatic carbocycles. The van der Waals surface area contributed by atoms with Crippen LogP contribution in [0.5, 0.6) is 11.5 Å². The highest BCUT2D eigenvalue weighted by Crippen LogP contribution is 2.24. The number of rotatable bonds is 5. The lowest BCUT2D eigenvalue weighted by atomic mass is 10.1. The third-order valence-corrected chi connectivity index (χ3v) is 3.49. The van der Waals surface area contributed by atoms with Crippen molar-refractivity contribution < 1.29 is 9.47 Å². The van der Waals surface area contributed by atoms with Gasteiger partial charge in [-0.2, -0.15) is 0 Å². The van der Waals surface area contributed by atoms with Gasteiger partial charge in [0.15, 0.2) is 0 Å². The molecule has 0 spiro atoms. The third kappa shape index (κ3) is 4.01. The van der Waals surface area contributed by atoms with Gasteiger partial charge in [0, 0.05) is 4.47 Å². The van der Waals surface area contributed by atoms with Gasteiger partial charge in [0.1, 0.15) is 24.7 Å². The van der Waals surface area contributed by atoms with E-state index in [1.807, 2.05) is 24.3 Å². The molecule has 2 nitrogen and oxygen atoms in total. The number of halogens is 1. The molecule has 0 aliphatic rings. The number of benzene rings is 2. The fourth-order valence-electron chi connectivity index (χ4n) is 2.25. The highest BCUT2D eigenvalue weighted by molar-refractivity contribution is 9.10. The van der Waals surface area contributed by atoms with Crippen LogP contribution in [0.25, 0.3) is 0 Å². The molecule has 0 radical (unpaired) electrons. The maximum Gasteiger partial charge on any atom is 0.125 e. The first-order valence-electron chi connectivity index (χ1n) is 6.65. The van der Waals surface area contributed by atoms with E-state index < -0.39 is 0 Å². The van der Waals surface area contributed by atoms with Crippen LogP contribution in [-0.2, 0) is 0 Å². The van der Waals surface area contributed by atoms with Crippen LogP contribution in [-0.4, -0.2) is 13.2 Å². The largest absolute Gasteiger partial charge is 0.490 e.